The molecular weight excluding hydrogens is 395 g/mol. The normalized spacial score (nSPS) is 18.8. The maximum Gasteiger partial charge on any atom is 0.124 e. The molecule has 0 bridgehead atoms. The highest BCUT2D eigenvalue weighted by Gasteiger charge is 2.39. The smallest absolute Gasteiger partial charge is 0.124 e. The first kappa shape index (κ1) is 20.5. The molecule has 4 rings (SSSR count). The van der Waals surface area contributed by atoms with E-state index in [2.05, 4.69) is 42.6 Å². The molecule has 30 heavy (non-hydrogen) atoms. The van der Waals surface area contributed by atoms with Crippen LogP contribution in [0.4, 0.5) is 4.39 Å². The second-order valence-corrected chi connectivity index (χ2v) is 8.23. The van der Waals surface area contributed by atoms with Gasteiger partial charge in [-0.25, -0.2) is 9.07 Å². The molecular formula is C25H23FN2OS. The fraction of sp³-hybridized carbons (Fsp3) is 0.240. The summed E-state index contributed by atoms with van der Waals surface area (Å²) in [6.07, 6.45) is 4.49. The van der Waals surface area contributed by atoms with Gasteiger partial charge in [-0.05, 0) is 60.9 Å². The number of nitrogens with zero attached hydrogens (tertiary/aromatic N) is 2. The third kappa shape index (κ3) is 3.69. The second kappa shape index (κ2) is 8.14. The topological polar surface area (TPSA) is 38.0 Å². The number of aliphatic hydroxyl groups is 1. The van der Waals surface area contributed by atoms with Crippen molar-refractivity contribution in [3.63, 3.8) is 0 Å². The lowest BCUT2D eigenvalue weighted by Gasteiger charge is -2.37. The average molecular weight is 419 g/mol. The molecule has 1 heterocycles. The molecule has 0 saturated heterocycles. The zero-order valence-electron chi connectivity index (χ0n) is 16.9. The lowest BCUT2D eigenvalue weighted by Crippen LogP contribution is -2.37. The van der Waals surface area contributed by atoms with Crippen LogP contribution >= 0.6 is 12.6 Å². The fourth-order valence-electron chi connectivity index (χ4n) is 3.97. The van der Waals surface area contributed by atoms with Crippen molar-refractivity contribution in [1.82, 2.24) is 9.78 Å². The summed E-state index contributed by atoms with van der Waals surface area (Å²) in [4.78, 5) is 0.792. The molecule has 1 unspecified atom stereocenters. The van der Waals surface area contributed by atoms with E-state index in [9.17, 15) is 9.50 Å². The number of benzene rings is 2. The predicted molar refractivity (Wildman–Crippen MR) is 120 cm³/mol. The molecule has 1 aromatic heterocycles. The van der Waals surface area contributed by atoms with Crippen molar-refractivity contribution in [3.05, 3.63) is 82.9 Å². The van der Waals surface area contributed by atoms with Gasteiger partial charge in [0.2, 0.25) is 0 Å². The molecule has 2 atom stereocenters. The number of aliphatic hydroxyl groups excluding tert-OH is 1. The molecule has 0 saturated carbocycles. The van der Waals surface area contributed by atoms with Crippen LogP contribution in [0.5, 0.6) is 0 Å². The van der Waals surface area contributed by atoms with Crippen LogP contribution in [0.15, 0.2) is 65.2 Å². The first-order chi connectivity index (χ1) is 14.4. The van der Waals surface area contributed by atoms with Crippen molar-refractivity contribution in [2.75, 3.05) is 0 Å². The largest absolute Gasteiger partial charge is 0.379 e. The Morgan fingerprint density at radius 2 is 1.97 bits per heavy atom. The van der Waals surface area contributed by atoms with Gasteiger partial charge >= 0.3 is 0 Å². The fourth-order valence-corrected chi connectivity index (χ4v) is 4.19. The van der Waals surface area contributed by atoms with E-state index in [0.29, 0.717) is 6.42 Å². The predicted octanol–water partition coefficient (Wildman–Crippen LogP) is 5.07. The van der Waals surface area contributed by atoms with Crippen LogP contribution in [-0.4, -0.2) is 21.0 Å². The van der Waals surface area contributed by atoms with Gasteiger partial charge in [-0.3, -0.25) is 0 Å². The molecule has 1 aliphatic rings. The van der Waals surface area contributed by atoms with E-state index < -0.39 is 11.5 Å². The highest BCUT2D eigenvalue weighted by atomic mass is 32.1. The molecule has 3 aromatic rings. The Bertz CT molecular complexity index is 1170. The van der Waals surface area contributed by atoms with Crippen LogP contribution in [0.3, 0.4) is 0 Å². The van der Waals surface area contributed by atoms with Gasteiger partial charge in [0.05, 0.1) is 17.6 Å². The molecule has 0 amide bonds. The number of hydrogen-bond donors (Lipinski definition) is 2. The zero-order valence-corrected chi connectivity index (χ0v) is 17.8. The van der Waals surface area contributed by atoms with E-state index in [0.717, 1.165) is 39.4 Å². The highest BCUT2D eigenvalue weighted by Crippen LogP contribution is 2.43. The van der Waals surface area contributed by atoms with Gasteiger partial charge in [-0.1, -0.05) is 43.4 Å². The summed E-state index contributed by atoms with van der Waals surface area (Å²) >= 11 is 4.44. The quantitative estimate of drug-likeness (QED) is 0.460. The molecule has 0 radical (unpaired) electrons. The van der Waals surface area contributed by atoms with Crippen molar-refractivity contribution < 1.29 is 9.50 Å². The van der Waals surface area contributed by atoms with E-state index >= 15 is 0 Å². The van der Waals surface area contributed by atoms with Gasteiger partial charge in [-0.2, -0.15) is 5.10 Å². The Labute approximate surface area is 181 Å². The maximum absolute atomic E-state index is 13.3. The molecule has 1 N–H and O–H groups in total. The first-order valence-electron chi connectivity index (χ1n) is 9.94. The number of rotatable bonds is 3. The van der Waals surface area contributed by atoms with Gasteiger partial charge in [0.15, 0.2) is 0 Å². The molecule has 0 fully saturated rings. The summed E-state index contributed by atoms with van der Waals surface area (Å²) in [5.74, 6) is 5.84. The molecule has 0 aliphatic heterocycles. The summed E-state index contributed by atoms with van der Waals surface area (Å²) in [5.41, 5.74) is 4.20. The van der Waals surface area contributed by atoms with Crippen molar-refractivity contribution in [2.24, 2.45) is 5.41 Å². The summed E-state index contributed by atoms with van der Waals surface area (Å²) in [5, 5.41) is 15.6. The second-order valence-electron chi connectivity index (χ2n) is 7.75. The molecule has 2 aromatic carbocycles. The molecule has 5 heteroatoms. The number of fused-ring (bicyclic) bond motifs is 1. The SMILES string of the molecule is CCC1=Cc2c(cnn2-c2ccc(F)cc2)CC1(C)[C@@H](O)C#Cc1ccccc1S. The van der Waals surface area contributed by atoms with Gasteiger partial charge < -0.3 is 5.11 Å². The molecule has 0 spiro atoms. The lowest BCUT2D eigenvalue weighted by molar-refractivity contribution is 0.109. The monoisotopic (exact) mass is 418 g/mol. The van der Waals surface area contributed by atoms with Crippen molar-refractivity contribution in [1.29, 1.82) is 0 Å². The molecule has 3 nitrogen and oxygen atoms in total. The van der Waals surface area contributed by atoms with E-state index in [1.807, 2.05) is 42.1 Å². The van der Waals surface area contributed by atoms with E-state index in [-0.39, 0.29) is 5.82 Å². The summed E-state index contributed by atoms with van der Waals surface area (Å²) in [6, 6.07) is 13.9. The maximum atomic E-state index is 13.3. The van der Waals surface area contributed by atoms with Gasteiger partial charge in [-0.15, -0.1) is 12.6 Å². The van der Waals surface area contributed by atoms with Crippen LogP contribution in [0, 0.1) is 23.1 Å². The van der Waals surface area contributed by atoms with E-state index in [1.54, 1.807) is 12.1 Å². The Balaban J connectivity index is 1.69. The van der Waals surface area contributed by atoms with Gasteiger partial charge in [0.25, 0.3) is 0 Å². The zero-order chi connectivity index (χ0) is 21.3. The summed E-state index contributed by atoms with van der Waals surface area (Å²) in [7, 11) is 0. The number of thiol groups is 1. The Morgan fingerprint density at radius 1 is 1.23 bits per heavy atom. The lowest BCUT2D eigenvalue weighted by atomic mass is 9.68. The van der Waals surface area contributed by atoms with Crippen molar-refractivity contribution in [3.8, 4) is 17.5 Å². The van der Waals surface area contributed by atoms with E-state index in [1.165, 1.54) is 12.1 Å². The summed E-state index contributed by atoms with van der Waals surface area (Å²) < 4.78 is 15.1. The third-order valence-corrected chi connectivity index (χ3v) is 6.18. The van der Waals surface area contributed by atoms with Crippen molar-refractivity contribution in [2.45, 2.75) is 37.7 Å². The van der Waals surface area contributed by atoms with Crippen LogP contribution in [0.1, 0.15) is 37.1 Å². The first-order valence-corrected chi connectivity index (χ1v) is 10.4. The molecule has 1 aliphatic carbocycles. The number of aromatic nitrogens is 2. The van der Waals surface area contributed by atoms with Crippen LogP contribution in [0.25, 0.3) is 11.8 Å². The Kier molecular flexibility index (Phi) is 5.55. The minimum Gasteiger partial charge on any atom is -0.379 e. The number of hydrogen-bond acceptors (Lipinski definition) is 3. The van der Waals surface area contributed by atoms with E-state index in [4.69, 9.17) is 0 Å². The third-order valence-electron chi connectivity index (χ3n) is 5.79. The van der Waals surface area contributed by atoms with Gasteiger partial charge in [0.1, 0.15) is 11.9 Å². The Hall–Kier alpha value is -2.81. The minimum atomic E-state index is -0.834. The van der Waals surface area contributed by atoms with Crippen LogP contribution < -0.4 is 0 Å². The highest BCUT2D eigenvalue weighted by molar-refractivity contribution is 7.80. The van der Waals surface area contributed by atoms with Gasteiger partial charge in [0, 0.05) is 15.9 Å². The number of halogens is 1. The van der Waals surface area contributed by atoms with Crippen LogP contribution in [-0.2, 0) is 6.42 Å². The minimum absolute atomic E-state index is 0.276. The average Bonchev–Trinajstić information content (AvgIpc) is 3.15. The molecule has 152 valence electrons. The summed E-state index contributed by atoms with van der Waals surface area (Å²) in [6.45, 7) is 4.13. The Morgan fingerprint density at radius 3 is 2.67 bits per heavy atom. The van der Waals surface area contributed by atoms with Crippen LogP contribution in [0.2, 0.25) is 0 Å². The van der Waals surface area contributed by atoms with Crippen molar-refractivity contribution >= 4 is 18.7 Å². The standard InChI is InChI=1S/C25H23FN2OS/c1-3-19-14-22-18(16-27-28(22)21-11-9-20(26)10-12-21)15-25(19,2)24(29)13-8-17-6-4-5-7-23(17)30/h4-7,9-12,14,16,24,29-30H,3,15H2,1-2H3/t24-,25?/m0/s1.